The van der Waals surface area contributed by atoms with Crippen LogP contribution in [0.2, 0.25) is 0 Å². The normalized spacial score (nSPS) is 19.0. The number of rotatable bonds is 8. The molecule has 0 radical (unpaired) electrons. The lowest BCUT2D eigenvalue weighted by molar-refractivity contribution is -0.0604. The second kappa shape index (κ2) is 12.6. The number of nitriles is 1. The maximum Gasteiger partial charge on any atom is 0.338 e. The monoisotopic (exact) mass is 604 g/mol. The highest BCUT2D eigenvalue weighted by Gasteiger charge is 2.52. The van der Waals surface area contributed by atoms with Crippen molar-refractivity contribution >= 4 is 34.8 Å². The third-order valence-corrected chi connectivity index (χ3v) is 7.13. The van der Waals surface area contributed by atoms with Crippen molar-refractivity contribution in [3.05, 3.63) is 119 Å². The predicted octanol–water partition coefficient (Wildman–Crippen LogP) is 3.49. The maximum absolute atomic E-state index is 13.4. The molecule has 13 heteroatoms. The largest absolute Gasteiger partial charge is 0.459 e. The quantitative estimate of drug-likeness (QED) is 0.201. The molecule has 13 nitrogen and oxygen atoms in total. The van der Waals surface area contributed by atoms with E-state index in [4.69, 9.17) is 24.7 Å². The van der Waals surface area contributed by atoms with E-state index in [9.17, 15) is 19.6 Å². The summed E-state index contributed by atoms with van der Waals surface area (Å²) >= 11 is 0. The van der Waals surface area contributed by atoms with Crippen LogP contribution in [0.25, 0.3) is 11.0 Å². The minimum atomic E-state index is -1.32. The van der Waals surface area contributed by atoms with Crippen LogP contribution in [0, 0.1) is 11.3 Å². The lowest BCUT2D eigenvalue weighted by Crippen LogP contribution is -2.41. The number of fused-ring (bicyclic) bond motifs is 1. The van der Waals surface area contributed by atoms with E-state index in [1.165, 1.54) is 10.8 Å². The third-order valence-electron chi connectivity index (χ3n) is 7.13. The first-order valence-corrected chi connectivity index (χ1v) is 13.7. The highest BCUT2D eigenvalue weighted by atomic mass is 16.7. The Labute approximate surface area is 255 Å². The van der Waals surface area contributed by atoms with Crippen LogP contribution in [-0.2, 0) is 18.9 Å². The first-order valence-electron chi connectivity index (χ1n) is 13.7. The number of ether oxygens (including phenoxy) is 4. The number of carbonyl (C=O) groups is 3. The van der Waals surface area contributed by atoms with Crippen LogP contribution < -0.4 is 5.73 Å². The zero-order valence-corrected chi connectivity index (χ0v) is 23.4. The van der Waals surface area contributed by atoms with Crippen LogP contribution in [-0.4, -0.2) is 62.8 Å². The Morgan fingerprint density at radius 3 is 1.89 bits per heavy atom. The molecule has 0 amide bonds. The topological polar surface area (TPSA) is 182 Å². The first-order chi connectivity index (χ1) is 21.9. The fourth-order valence-corrected chi connectivity index (χ4v) is 4.99. The van der Waals surface area contributed by atoms with E-state index in [1.54, 1.807) is 91.0 Å². The standard InChI is InChI=1S/C32H24N6O7/c33-16-22-17-38(28-24(22)27(34)35-37-36-28)29-26(45-32(41)21-14-8-3-9-15-21)25(44-31(40)20-12-6-2-7-13-20)23(43-29)18-42-30(39)19-10-4-1-5-11-19/h1-15,17,23,25-26,29H,18H2,(H2,34,35,36)/t23-,25-,26-,29-/m1/s1. The zero-order chi connectivity index (χ0) is 31.3. The van der Waals surface area contributed by atoms with Gasteiger partial charge in [0.1, 0.15) is 18.8 Å². The van der Waals surface area contributed by atoms with Gasteiger partial charge in [-0.05, 0) is 41.6 Å². The number of nitrogens with two attached hydrogens (primary N) is 1. The van der Waals surface area contributed by atoms with Gasteiger partial charge in [-0.25, -0.2) is 14.4 Å². The van der Waals surface area contributed by atoms with Crippen LogP contribution in [0.4, 0.5) is 5.82 Å². The number of esters is 3. The van der Waals surface area contributed by atoms with E-state index in [2.05, 4.69) is 15.4 Å². The molecular formula is C32H24N6O7. The molecule has 1 saturated heterocycles. The maximum atomic E-state index is 13.4. The molecule has 3 aromatic carbocycles. The van der Waals surface area contributed by atoms with E-state index in [0.717, 1.165) is 0 Å². The van der Waals surface area contributed by atoms with Gasteiger partial charge in [-0.1, -0.05) is 54.6 Å². The molecule has 1 aliphatic rings. The van der Waals surface area contributed by atoms with Gasteiger partial charge in [0.05, 0.1) is 27.6 Å². The second-order valence-electron chi connectivity index (χ2n) is 9.94. The van der Waals surface area contributed by atoms with Crippen molar-refractivity contribution < 1.29 is 33.3 Å². The van der Waals surface area contributed by atoms with Gasteiger partial charge in [-0.3, -0.25) is 4.57 Å². The number of hydrogen-bond acceptors (Lipinski definition) is 12. The number of benzene rings is 3. The molecule has 3 heterocycles. The molecule has 0 unspecified atom stereocenters. The van der Waals surface area contributed by atoms with Crippen LogP contribution in [0.3, 0.4) is 0 Å². The summed E-state index contributed by atoms with van der Waals surface area (Å²) in [5.74, 6) is -2.16. The first kappa shape index (κ1) is 29.0. The Kier molecular flexibility index (Phi) is 8.12. The lowest BCUT2D eigenvalue weighted by Gasteiger charge is -2.25. The summed E-state index contributed by atoms with van der Waals surface area (Å²) in [6, 6.07) is 26.8. The minimum absolute atomic E-state index is 0.0495. The Bertz CT molecular complexity index is 1890. The molecule has 0 spiro atoms. The lowest BCUT2D eigenvalue weighted by atomic mass is 10.1. The molecule has 5 aromatic rings. The number of carbonyl (C=O) groups excluding carboxylic acids is 3. The summed E-state index contributed by atoms with van der Waals surface area (Å²) in [7, 11) is 0. The molecule has 2 aromatic heterocycles. The fourth-order valence-electron chi connectivity index (χ4n) is 4.99. The van der Waals surface area contributed by atoms with Gasteiger partial charge in [-0.15, -0.1) is 10.2 Å². The summed E-state index contributed by atoms with van der Waals surface area (Å²) in [5, 5.41) is 21.5. The van der Waals surface area contributed by atoms with Gasteiger partial charge in [0.25, 0.3) is 0 Å². The summed E-state index contributed by atoms with van der Waals surface area (Å²) in [6.45, 7) is -0.379. The molecule has 224 valence electrons. The minimum Gasteiger partial charge on any atom is -0.459 e. The van der Waals surface area contributed by atoms with Crippen LogP contribution in [0.5, 0.6) is 0 Å². The molecule has 4 atom stereocenters. The van der Waals surface area contributed by atoms with Gasteiger partial charge >= 0.3 is 17.9 Å². The van der Waals surface area contributed by atoms with Crippen molar-refractivity contribution in [2.24, 2.45) is 0 Å². The second-order valence-corrected chi connectivity index (χ2v) is 9.94. The van der Waals surface area contributed by atoms with Crippen molar-refractivity contribution in [2.75, 3.05) is 12.3 Å². The SMILES string of the molecule is N#Cc1cn([C@@H]2O[C@H](COC(=O)c3ccccc3)[C@@H](OC(=O)c3ccccc3)[C@H]2OC(=O)c2ccccc2)c2nnnc(N)c12. The predicted molar refractivity (Wildman–Crippen MR) is 156 cm³/mol. The smallest absolute Gasteiger partial charge is 0.338 e. The van der Waals surface area contributed by atoms with Gasteiger partial charge in [0, 0.05) is 6.20 Å². The van der Waals surface area contributed by atoms with E-state index in [1.807, 2.05) is 6.07 Å². The van der Waals surface area contributed by atoms with Crippen molar-refractivity contribution in [1.29, 1.82) is 5.26 Å². The number of nitrogen functional groups attached to an aromatic ring is 1. The van der Waals surface area contributed by atoms with Gasteiger partial charge < -0.3 is 24.7 Å². The van der Waals surface area contributed by atoms with Crippen molar-refractivity contribution in [3.8, 4) is 6.07 Å². The van der Waals surface area contributed by atoms with Crippen molar-refractivity contribution in [3.63, 3.8) is 0 Å². The van der Waals surface area contributed by atoms with Crippen LogP contribution >= 0.6 is 0 Å². The average Bonchev–Trinajstić information content (AvgIpc) is 3.63. The molecule has 6 rings (SSSR count). The number of anilines is 1. The highest BCUT2D eigenvalue weighted by molar-refractivity contribution is 5.92. The Hall–Kier alpha value is -6.13. The Balaban J connectivity index is 1.41. The van der Waals surface area contributed by atoms with Gasteiger partial charge in [-0.2, -0.15) is 5.26 Å². The molecule has 0 saturated carbocycles. The Morgan fingerprint density at radius 2 is 1.33 bits per heavy atom. The van der Waals surface area contributed by atoms with Crippen molar-refractivity contribution in [2.45, 2.75) is 24.5 Å². The summed E-state index contributed by atoms with van der Waals surface area (Å²) in [6.07, 6.45) is -3.55. The van der Waals surface area contributed by atoms with Crippen LogP contribution in [0.1, 0.15) is 42.9 Å². The zero-order valence-electron chi connectivity index (χ0n) is 23.4. The molecule has 0 aliphatic carbocycles. The van der Waals surface area contributed by atoms with E-state index in [-0.39, 0.29) is 40.1 Å². The molecule has 45 heavy (non-hydrogen) atoms. The van der Waals surface area contributed by atoms with Gasteiger partial charge in [0.2, 0.25) is 0 Å². The van der Waals surface area contributed by atoms with Crippen LogP contribution in [0.15, 0.2) is 97.2 Å². The third kappa shape index (κ3) is 5.90. The highest BCUT2D eigenvalue weighted by Crippen LogP contribution is 2.38. The Morgan fingerprint density at radius 1 is 0.800 bits per heavy atom. The molecule has 2 N–H and O–H groups in total. The summed E-state index contributed by atoms with van der Waals surface area (Å²) in [4.78, 5) is 39.6. The number of hydrogen-bond donors (Lipinski definition) is 1. The summed E-state index contributed by atoms with van der Waals surface area (Å²) < 4.78 is 25.2. The van der Waals surface area contributed by atoms with Crippen molar-refractivity contribution in [1.82, 2.24) is 20.0 Å². The van der Waals surface area contributed by atoms with E-state index < -0.39 is 42.4 Å². The molecule has 1 aliphatic heterocycles. The summed E-state index contributed by atoms with van der Waals surface area (Å²) in [5.41, 5.74) is 7.01. The van der Waals surface area contributed by atoms with E-state index >= 15 is 0 Å². The molecule has 0 bridgehead atoms. The number of nitrogens with zero attached hydrogens (tertiary/aromatic N) is 5. The van der Waals surface area contributed by atoms with E-state index in [0.29, 0.717) is 5.56 Å². The molecule has 1 fully saturated rings. The van der Waals surface area contributed by atoms with Gasteiger partial charge in [0.15, 0.2) is 29.9 Å². The average molecular weight is 605 g/mol. The fraction of sp³-hybridized carbons (Fsp3) is 0.156. The number of aromatic nitrogens is 4. The molecular weight excluding hydrogens is 580 g/mol.